The monoisotopic (exact) mass is 322 g/mol. The summed E-state index contributed by atoms with van der Waals surface area (Å²) in [6, 6.07) is 0. The molecule has 0 heterocycles. The van der Waals surface area contributed by atoms with Crippen LogP contribution in [0.4, 0.5) is 0 Å². The van der Waals surface area contributed by atoms with Crippen molar-refractivity contribution >= 4 is 0 Å². The summed E-state index contributed by atoms with van der Waals surface area (Å²) in [5.41, 5.74) is -0.00590. The van der Waals surface area contributed by atoms with E-state index in [0.29, 0.717) is 5.92 Å². The molecule has 4 aliphatic rings. The van der Waals surface area contributed by atoms with E-state index in [0.717, 1.165) is 25.4 Å². The third kappa shape index (κ3) is 2.51. The fraction of sp³-hybridized carbons (Fsp3) is 1.00. The lowest BCUT2D eigenvalue weighted by molar-refractivity contribution is -0.163. The second-order valence-electron chi connectivity index (χ2n) is 10.9. The third-order valence-electron chi connectivity index (χ3n) is 8.30. The summed E-state index contributed by atoms with van der Waals surface area (Å²) in [5.74, 6) is 1.50. The number of hydrogen-bond donors (Lipinski definition) is 1. The lowest BCUT2D eigenvalue weighted by Gasteiger charge is -2.53. The van der Waals surface area contributed by atoms with E-state index in [1.807, 2.05) is 0 Å². The Labute approximate surface area is 143 Å². The zero-order valence-corrected chi connectivity index (χ0v) is 16.5. The van der Waals surface area contributed by atoms with Gasteiger partial charge in [0.05, 0.1) is 17.8 Å². The molecule has 4 rings (SSSR count). The number of ether oxygens (including phenoxy) is 1. The predicted molar refractivity (Wildman–Crippen MR) is 95.3 cm³/mol. The molecular weight excluding hydrogens is 284 g/mol. The largest absolute Gasteiger partial charge is 0.390 e. The molecule has 4 fully saturated rings. The average molecular weight is 323 g/mol. The highest BCUT2D eigenvalue weighted by molar-refractivity contribution is 5.21. The van der Waals surface area contributed by atoms with Crippen molar-refractivity contribution in [3.05, 3.63) is 0 Å². The molecule has 0 radical (unpaired) electrons. The molecule has 134 valence electrons. The fourth-order valence-electron chi connectivity index (χ4n) is 6.20. The van der Waals surface area contributed by atoms with E-state index in [1.54, 1.807) is 0 Å². The highest BCUT2D eigenvalue weighted by Gasteiger charge is 2.71. The summed E-state index contributed by atoms with van der Waals surface area (Å²) < 4.78 is 6.59. The highest BCUT2D eigenvalue weighted by atomic mass is 16.5. The van der Waals surface area contributed by atoms with Crippen LogP contribution in [0.3, 0.4) is 0 Å². The molecule has 0 aromatic rings. The molecule has 0 aliphatic heterocycles. The molecule has 4 saturated carbocycles. The highest BCUT2D eigenvalue weighted by Crippen LogP contribution is 2.75. The minimum absolute atomic E-state index is 0.0935. The summed E-state index contributed by atoms with van der Waals surface area (Å²) in [6.07, 6.45) is 7.44. The van der Waals surface area contributed by atoms with Crippen molar-refractivity contribution in [1.29, 1.82) is 0 Å². The zero-order chi connectivity index (χ0) is 17.3. The van der Waals surface area contributed by atoms with Crippen molar-refractivity contribution < 1.29 is 9.84 Å². The predicted octanol–water partition coefficient (Wildman–Crippen LogP) is 5.19. The molecule has 23 heavy (non-hydrogen) atoms. The molecule has 0 saturated heterocycles. The first-order chi connectivity index (χ1) is 10.4. The molecule has 4 unspecified atom stereocenters. The Morgan fingerprint density at radius 3 is 2.22 bits per heavy atom. The number of aliphatic hydroxyl groups is 1. The van der Waals surface area contributed by atoms with E-state index < -0.39 is 5.60 Å². The minimum Gasteiger partial charge on any atom is -0.390 e. The maximum atomic E-state index is 11.0. The van der Waals surface area contributed by atoms with E-state index in [4.69, 9.17) is 4.74 Å². The van der Waals surface area contributed by atoms with Crippen molar-refractivity contribution in [2.24, 2.45) is 28.1 Å². The second-order valence-corrected chi connectivity index (χ2v) is 10.9. The number of hydrogen-bond acceptors (Lipinski definition) is 2. The summed E-state index contributed by atoms with van der Waals surface area (Å²) >= 11 is 0. The Kier molecular flexibility index (Phi) is 3.83. The van der Waals surface area contributed by atoms with Gasteiger partial charge in [0.2, 0.25) is 0 Å². The molecule has 2 nitrogen and oxygen atoms in total. The van der Waals surface area contributed by atoms with Crippen LogP contribution in [0.5, 0.6) is 0 Å². The van der Waals surface area contributed by atoms with Crippen LogP contribution in [-0.2, 0) is 4.74 Å². The summed E-state index contributed by atoms with van der Waals surface area (Å²) in [7, 11) is 0. The molecule has 0 aromatic heterocycles. The second kappa shape index (κ2) is 4.97. The summed E-state index contributed by atoms with van der Waals surface area (Å²) in [5, 5.41) is 11.0. The van der Waals surface area contributed by atoms with Crippen molar-refractivity contribution in [1.82, 2.24) is 0 Å². The Morgan fingerprint density at radius 1 is 1.04 bits per heavy atom. The van der Waals surface area contributed by atoms with Gasteiger partial charge in [-0.25, -0.2) is 0 Å². The van der Waals surface area contributed by atoms with Crippen LogP contribution in [0, 0.1) is 28.1 Å². The fourth-order valence-corrected chi connectivity index (χ4v) is 6.20. The first-order valence-electron chi connectivity index (χ1n) is 9.73. The van der Waals surface area contributed by atoms with Gasteiger partial charge in [-0.15, -0.1) is 0 Å². The normalized spacial score (nSPS) is 40.2. The Hall–Kier alpha value is -0.0800. The molecule has 1 N–H and O–H groups in total. The van der Waals surface area contributed by atoms with Crippen LogP contribution in [0.2, 0.25) is 0 Å². The van der Waals surface area contributed by atoms with Gasteiger partial charge in [0.15, 0.2) is 0 Å². The van der Waals surface area contributed by atoms with E-state index in [2.05, 4.69) is 48.5 Å². The van der Waals surface area contributed by atoms with Gasteiger partial charge >= 0.3 is 0 Å². The molecule has 0 spiro atoms. The lowest BCUT2D eigenvalue weighted by atomic mass is 9.57. The quantitative estimate of drug-likeness (QED) is 0.729. The first kappa shape index (κ1) is 17.7. The molecule has 4 bridgehead atoms. The van der Waals surface area contributed by atoms with Crippen LogP contribution in [0.15, 0.2) is 0 Å². The molecule has 0 aromatic carbocycles. The SMILES string of the molecule is CCC(C)(C)COC(C)(C)C12CC3CC(C1)C(C(C)(C)O)(C3)C2. The van der Waals surface area contributed by atoms with Crippen LogP contribution < -0.4 is 0 Å². The Morgan fingerprint density at radius 2 is 1.70 bits per heavy atom. The van der Waals surface area contributed by atoms with Gasteiger partial charge in [0.25, 0.3) is 0 Å². The van der Waals surface area contributed by atoms with E-state index in [1.165, 1.54) is 25.7 Å². The van der Waals surface area contributed by atoms with Crippen molar-refractivity contribution in [3.63, 3.8) is 0 Å². The molecule has 4 atom stereocenters. The van der Waals surface area contributed by atoms with Crippen LogP contribution in [-0.4, -0.2) is 22.9 Å². The van der Waals surface area contributed by atoms with E-state index in [9.17, 15) is 5.11 Å². The summed E-state index contributed by atoms with van der Waals surface area (Å²) in [4.78, 5) is 0. The van der Waals surface area contributed by atoms with Crippen molar-refractivity contribution in [2.45, 2.75) is 98.2 Å². The Balaban J connectivity index is 1.84. The minimum atomic E-state index is -0.562. The number of rotatable bonds is 6. The van der Waals surface area contributed by atoms with Gasteiger partial charge in [0.1, 0.15) is 0 Å². The maximum absolute atomic E-state index is 11.0. The Bertz CT molecular complexity index is 473. The van der Waals surface area contributed by atoms with Crippen molar-refractivity contribution in [3.8, 4) is 0 Å². The van der Waals surface area contributed by atoms with Crippen LogP contribution in [0.1, 0.15) is 87.0 Å². The van der Waals surface area contributed by atoms with Crippen LogP contribution >= 0.6 is 0 Å². The first-order valence-corrected chi connectivity index (χ1v) is 9.73. The van der Waals surface area contributed by atoms with Crippen molar-refractivity contribution in [2.75, 3.05) is 6.61 Å². The zero-order valence-electron chi connectivity index (χ0n) is 16.5. The smallest absolute Gasteiger partial charge is 0.0683 e. The van der Waals surface area contributed by atoms with Gasteiger partial charge in [-0.3, -0.25) is 0 Å². The van der Waals surface area contributed by atoms with Gasteiger partial charge < -0.3 is 9.84 Å². The lowest BCUT2D eigenvalue weighted by Crippen LogP contribution is -2.52. The van der Waals surface area contributed by atoms with Gasteiger partial charge in [-0.05, 0) is 83.5 Å². The van der Waals surface area contributed by atoms with E-state index in [-0.39, 0.29) is 21.8 Å². The average Bonchev–Trinajstić information content (AvgIpc) is 2.82. The molecule has 0 amide bonds. The molecule has 2 heteroatoms. The van der Waals surface area contributed by atoms with Crippen LogP contribution in [0.25, 0.3) is 0 Å². The molecule has 4 aliphatic carbocycles. The van der Waals surface area contributed by atoms with E-state index >= 15 is 0 Å². The topological polar surface area (TPSA) is 29.5 Å². The summed E-state index contributed by atoms with van der Waals surface area (Å²) in [6.45, 7) is 16.4. The molecular formula is C21H38O2. The standard InChI is InChI=1S/C21H38O2/c1-8-17(2,3)14-23-19(6,7)20-10-15-9-16(12-20)21(11-15,13-20)18(4,5)22/h15-16,22H,8-14H2,1-7H3. The van der Waals surface area contributed by atoms with Gasteiger partial charge in [-0.2, -0.15) is 0 Å². The maximum Gasteiger partial charge on any atom is 0.0683 e. The van der Waals surface area contributed by atoms with Gasteiger partial charge in [0, 0.05) is 10.8 Å². The third-order valence-corrected chi connectivity index (χ3v) is 8.30. The van der Waals surface area contributed by atoms with Gasteiger partial charge in [-0.1, -0.05) is 20.8 Å².